The van der Waals surface area contributed by atoms with E-state index in [4.69, 9.17) is 0 Å². The summed E-state index contributed by atoms with van der Waals surface area (Å²) in [5.41, 5.74) is -0.0384. The molecular weight excluding hydrogens is 305 g/mol. The number of carbonyl (C=O) groups is 1. The molecular formula is C17H21F3N2O. The van der Waals surface area contributed by atoms with Crippen LogP contribution in [0.3, 0.4) is 0 Å². The Balaban J connectivity index is 2.55. The maximum Gasteiger partial charge on any atom is 0.416 e. The highest BCUT2D eigenvalue weighted by atomic mass is 19.4. The van der Waals surface area contributed by atoms with E-state index in [9.17, 15) is 18.0 Å². The van der Waals surface area contributed by atoms with Crippen molar-refractivity contribution in [1.82, 2.24) is 5.32 Å². The monoisotopic (exact) mass is 326 g/mol. The van der Waals surface area contributed by atoms with Gasteiger partial charge in [-0.1, -0.05) is 45.6 Å². The molecule has 0 aliphatic heterocycles. The average Bonchev–Trinajstić information content (AvgIpc) is 2.41. The summed E-state index contributed by atoms with van der Waals surface area (Å²) in [6, 6.07) is 3.87. The standard InChI is InChI=1S/C17H21F3N2O/c1-12(8-9-16(2,3)4)11-21-15(23)22-14-7-5-6-13(10-14)17(18,19)20/h5-10H,1,11H2,2-4H3,(H2,21,22,23)/b9-8-. The zero-order chi connectivity index (χ0) is 17.7. The molecule has 0 bridgehead atoms. The molecule has 1 aromatic rings. The van der Waals surface area contributed by atoms with Gasteiger partial charge in [-0.05, 0) is 29.2 Å². The van der Waals surface area contributed by atoms with Gasteiger partial charge >= 0.3 is 12.2 Å². The van der Waals surface area contributed by atoms with Gasteiger partial charge < -0.3 is 10.6 Å². The van der Waals surface area contributed by atoms with Crippen molar-refractivity contribution in [1.29, 1.82) is 0 Å². The number of hydrogen-bond acceptors (Lipinski definition) is 1. The number of benzene rings is 1. The van der Waals surface area contributed by atoms with E-state index in [0.717, 1.165) is 12.1 Å². The van der Waals surface area contributed by atoms with Crippen LogP contribution in [0.2, 0.25) is 0 Å². The third-order valence-electron chi connectivity index (χ3n) is 2.74. The Bertz CT molecular complexity index is 599. The summed E-state index contributed by atoms with van der Waals surface area (Å²) in [6.45, 7) is 10.1. The Morgan fingerprint density at radius 3 is 2.48 bits per heavy atom. The molecule has 0 fully saturated rings. The molecule has 0 aromatic heterocycles. The first-order chi connectivity index (χ1) is 10.5. The van der Waals surface area contributed by atoms with Crippen LogP contribution in [0.1, 0.15) is 26.3 Å². The molecule has 0 unspecified atom stereocenters. The third-order valence-corrected chi connectivity index (χ3v) is 2.74. The first kappa shape index (κ1) is 18.8. The third kappa shape index (κ3) is 7.54. The van der Waals surface area contributed by atoms with Gasteiger partial charge in [0.05, 0.1) is 5.56 Å². The number of rotatable bonds is 4. The lowest BCUT2D eigenvalue weighted by Crippen LogP contribution is -2.30. The van der Waals surface area contributed by atoms with E-state index in [1.165, 1.54) is 12.1 Å². The number of alkyl halides is 3. The fraction of sp³-hybridized carbons (Fsp3) is 0.353. The number of urea groups is 1. The molecule has 0 spiro atoms. The molecule has 0 saturated heterocycles. The Kier molecular flexibility index (Phi) is 6.01. The normalized spacial score (nSPS) is 12.3. The van der Waals surface area contributed by atoms with E-state index in [2.05, 4.69) is 17.2 Å². The second kappa shape index (κ2) is 7.35. The largest absolute Gasteiger partial charge is 0.416 e. The van der Waals surface area contributed by atoms with E-state index in [1.54, 1.807) is 0 Å². The van der Waals surface area contributed by atoms with Crippen molar-refractivity contribution in [2.75, 3.05) is 11.9 Å². The molecule has 1 aromatic carbocycles. The molecule has 126 valence electrons. The van der Waals surface area contributed by atoms with Gasteiger partial charge in [0, 0.05) is 12.2 Å². The molecule has 2 N–H and O–H groups in total. The lowest BCUT2D eigenvalue weighted by molar-refractivity contribution is -0.137. The minimum Gasteiger partial charge on any atom is -0.334 e. The summed E-state index contributed by atoms with van der Waals surface area (Å²) in [6.07, 6.45) is -0.674. The molecule has 0 aliphatic rings. The molecule has 0 aliphatic carbocycles. The summed E-state index contributed by atoms with van der Waals surface area (Å²) in [4.78, 5) is 11.7. The van der Waals surface area contributed by atoms with Gasteiger partial charge in [0.25, 0.3) is 0 Å². The Morgan fingerprint density at radius 1 is 1.26 bits per heavy atom. The number of hydrogen-bond donors (Lipinski definition) is 2. The second-order valence-electron chi connectivity index (χ2n) is 6.24. The van der Waals surface area contributed by atoms with Crippen LogP contribution in [-0.2, 0) is 6.18 Å². The molecule has 0 heterocycles. The van der Waals surface area contributed by atoms with Crippen molar-refractivity contribution in [3.05, 3.63) is 54.1 Å². The van der Waals surface area contributed by atoms with Gasteiger partial charge in [-0.3, -0.25) is 0 Å². The lowest BCUT2D eigenvalue weighted by atomic mass is 9.95. The molecule has 0 atom stereocenters. The van der Waals surface area contributed by atoms with Crippen LogP contribution >= 0.6 is 0 Å². The maximum atomic E-state index is 12.6. The minimum atomic E-state index is -4.44. The predicted octanol–water partition coefficient (Wildman–Crippen LogP) is 4.99. The maximum absolute atomic E-state index is 12.6. The quantitative estimate of drug-likeness (QED) is 0.752. The molecule has 23 heavy (non-hydrogen) atoms. The molecule has 1 rings (SSSR count). The number of allylic oxidation sites excluding steroid dienone is 1. The second-order valence-corrected chi connectivity index (χ2v) is 6.24. The van der Waals surface area contributed by atoms with E-state index in [0.29, 0.717) is 5.57 Å². The average molecular weight is 326 g/mol. The predicted molar refractivity (Wildman–Crippen MR) is 86.2 cm³/mol. The van der Waals surface area contributed by atoms with Crippen LogP contribution < -0.4 is 10.6 Å². The highest BCUT2D eigenvalue weighted by Gasteiger charge is 2.30. The summed E-state index contributed by atoms with van der Waals surface area (Å²) in [7, 11) is 0. The topological polar surface area (TPSA) is 41.1 Å². The van der Waals surface area contributed by atoms with Crippen LogP contribution in [0.15, 0.2) is 48.6 Å². The smallest absolute Gasteiger partial charge is 0.334 e. The first-order valence-corrected chi connectivity index (χ1v) is 7.06. The van der Waals surface area contributed by atoms with E-state index >= 15 is 0 Å². The van der Waals surface area contributed by atoms with Crippen LogP contribution in [0.4, 0.5) is 23.7 Å². The van der Waals surface area contributed by atoms with Crippen molar-refractivity contribution in [2.24, 2.45) is 5.41 Å². The summed E-state index contributed by atoms with van der Waals surface area (Å²) >= 11 is 0. The van der Waals surface area contributed by atoms with E-state index in [-0.39, 0.29) is 17.6 Å². The summed E-state index contributed by atoms with van der Waals surface area (Å²) in [5.74, 6) is 0. The van der Waals surface area contributed by atoms with E-state index < -0.39 is 17.8 Å². The molecule has 0 saturated carbocycles. The highest BCUT2D eigenvalue weighted by Crippen LogP contribution is 2.30. The van der Waals surface area contributed by atoms with Gasteiger partial charge in [-0.2, -0.15) is 13.2 Å². The lowest BCUT2D eigenvalue weighted by Gasteiger charge is -2.12. The van der Waals surface area contributed by atoms with Gasteiger partial charge in [0.1, 0.15) is 0 Å². The van der Waals surface area contributed by atoms with Gasteiger partial charge in [-0.15, -0.1) is 0 Å². The van der Waals surface area contributed by atoms with Crippen molar-refractivity contribution in [3.8, 4) is 0 Å². The fourth-order valence-corrected chi connectivity index (χ4v) is 1.57. The van der Waals surface area contributed by atoms with Crippen molar-refractivity contribution >= 4 is 11.7 Å². The summed E-state index contributed by atoms with van der Waals surface area (Å²) in [5, 5.41) is 4.91. The molecule has 0 radical (unpaired) electrons. The number of halogens is 3. The molecule has 6 heteroatoms. The van der Waals surface area contributed by atoms with Crippen LogP contribution in [0.25, 0.3) is 0 Å². The number of nitrogens with one attached hydrogen (secondary N) is 2. The Hall–Kier alpha value is -2.24. The van der Waals surface area contributed by atoms with Crippen LogP contribution in [-0.4, -0.2) is 12.6 Å². The fourth-order valence-electron chi connectivity index (χ4n) is 1.57. The van der Waals surface area contributed by atoms with Gasteiger partial charge in [0.15, 0.2) is 0 Å². The van der Waals surface area contributed by atoms with Crippen molar-refractivity contribution < 1.29 is 18.0 Å². The van der Waals surface area contributed by atoms with Crippen LogP contribution in [0.5, 0.6) is 0 Å². The van der Waals surface area contributed by atoms with Crippen molar-refractivity contribution in [3.63, 3.8) is 0 Å². The zero-order valence-electron chi connectivity index (χ0n) is 13.4. The molecule has 3 nitrogen and oxygen atoms in total. The SMILES string of the molecule is C=C(/C=C\C(C)(C)C)CNC(=O)Nc1cccc(C(F)(F)F)c1. The number of amides is 2. The first-order valence-electron chi connectivity index (χ1n) is 7.06. The highest BCUT2D eigenvalue weighted by molar-refractivity contribution is 5.89. The van der Waals surface area contributed by atoms with Gasteiger partial charge in [0.2, 0.25) is 0 Å². The summed E-state index contributed by atoms with van der Waals surface area (Å²) < 4.78 is 37.8. The van der Waals surface area contributed by atoms with E-state index in [1.807, 2.05) is 32.9 Å². The van der Waals surface area contributed by atoms with Crippen LogP contribution in [0, 0.1) is 5.41 Å². The minimum absolute atomic E-state index is 0.00321. The zero-order valence-corrected chi connectivity index (χ0v) is 13.4. The van der Waals surface area contributed by atoms with Crippen molar-refractivity contribution in [2.45, 2.75) is 26.9 Å². The Labute approximate surface area is 134 Å². The number of carbonyl (C=O) groups excluding carboxylic acids is 1. The van der Waals surface area contributed by atoms with Gasteiger partial charge in [-0.25, -0.2) is 4.79 Å². The molecule has 2 amide bonds. The Morgan fingerprint density at radius 2 is 1.91 bits per heavy atom. The number of anilines is 1.